The van der Waals surface area contributed by atoms with Gasteiger partial charge in [0.25, 0.3) is 0 Å². The Balaban J connectivity index is 2.47. The van der Waals surface area contributed by atoms with Gasteiger partial charge in [-0.1, -0.05) is 37.6 Å². The van der Waals surface area contributed by atoms with Crippen molar-refractivity contribution in [2.45, 2.75) is 33.4 Å². The SMILES string of the molecule is CCN(CC)CC(C)NCc1cccc(Br)c1Cl. The molecule has 1 rings (SSSR count). The molecular weight excluding hydrogens is 312 g/mol. The van der Waals surface area contributed by atoms with Crippen LogP contribution in [-0.4, -0.2) is 30.6 Å². The van der Waals surface area contributed by atoms with Gasteiger partial charge in [-0.15, -0.1) is 0 Å². The first-order chi connectivity index (χ1) is 8.58. The molecule has 2 nitrogen and oxygen atoms in total. The van der Waals surface area contributed by atoms with E-state index in [1.54, 1.807) is 0 Å². The lowest BCUT2D eigenvalue weighted by molar-refractivity contribution is 0.270. The van der Waals surface area contributed by atoms with Crippen LogP contribution in [0, 0.1) is 0 Å². The Morgan fingerprint density at radius 1 is 1.33 bits per heavy atom. The van der Waals surface area contributed by atoms with Crippen LogP contribution in [0.3, 0.4) is 0 Å². The summed E-state index contributed by atoms with van der Waals surface area (Å²) in [5, 5.41) is 4.32. The largest absolute Gasteiger partial charge is 0.309 e. The molecule has 1 unspecified atom stereocenters. The molecule has 0 saturated heterocycles. The number of halogens is 2. The molecule has 0 bridgehead atoms. The predicted octanol–water partition coefficient (Wildman–Crippen LogP) is 3.92. The molecule has 18 heavy (non-hydrogen) atoms. The molecule has 0 heterocycles. The summed E-state index contributed by atoms with van der Waals surface area (Å²) < 4.78 is 0.958. The van der Waals surface area contributed by atoms with Crippen molar-refractivity contribution in [3.63, 3.8) is 0 Å². The molecular formula is C14H22BrClN2. The number of hydrogen-bond donors (Lipinski definition) is 1. The molecule has 0 aromatic heterocycles. The van der Waals surface area contributed by atoms with Gasteiger partial charge in [0, 0.05) is 23.6 Å². The van der Waals surface area contributed by atoms with Crippen LogP contribution in [0.15, 0.2) is 22.7 Å². The van der Waals surface area contributed by atoms with Crippen molar-refractivity contribution in [2.24, 2.45) is 0 Å². The normalized spacial score (nSPS) is 13.0. The van der Waals surface area contributed by atoms with Gasteiger partial charge in [0.2, 0.25) is 0 Å². The zero-order valence-corrected chi connectivity index (χ0v) is 13.7. The van der Waals surface area contributed by atoms with Crippen LogP contribution in [0.25, 0.3) is 0 Å². The minimum Gasteiger partial charge on any atom is -0.309 e. The van der Waals surface area contributed by atoms with Gasteiger partial charge < -0.3 is 10.2 Å². The van der Waals surface area contributed by atoms with Gasteiger partial charge >= 0.3 is 0 Å². The van der Waals surface area contributed by atoms with Crippen molar-refractivity contribution >= 4 is 27.5 Å². The first-order valence-electron chi connectivity index (χ1n) is 6.47. The number of nitrogens with zero attached hydrogens (tertiary/aromatic N) is 1. The molecule has 1 atom stereocenters. The third-order valence-electron chi connectivity index (χ3n) is 3.10. The van der Waals surface area contributed by atoms with Crippen LogP contribution in [0.1, 0.15) is 26.3 Å². The van der Waals surface area contributed by atoms with E-state index < -0.39 is 0 Å². The van der Waals surface area contributed by atoms with Gasteiger partial charge in [-0.25, -0.2) is 0 Å². The second-order valence-electron chi connectivity index (χ2n) is 4.48. The third-order valence-corrected chi connectivity index (χ3v) is 4.43. The molecule has 0 amide bonds. The standard InChI is InChI=1S/C14H22BrClN2/c1-4-18(5-2)10-11(3)17-9-12-7-6-8-13(15)14(12)16/h6-8,11,17H,4-5,9-10H2,1-3H3. The maximum atomic E-state index is 6.24. The van der Waals surface area contributed by atoms with Crippen molar-refractivity contribution in [1.29, 1.82) is 0 Å². The number of hydrogen-bond acceptors (Lipinski definition) is 2. The Morgan fingerprint density at radius 3 is 2.61 bits per heavy atom. The van der Waals surface area contributed by atoms with Crippen molar-refractivity contribution < 1.29 is 0 Å². The molecule has 4 heteroatoms. The summed E-state index contributed by atoms with van der Waals surface area (Å²) in [6, 6.07) is 6.50. The second kappa shape index (κ2) is 8.16. The van der Waals surface area contributed by atoms with Gasteiger partial charge in [-0.2, -0.15) is 0 Å². The molecule has 0 spiro atoms. The number of likely N-dealkylation sites (N-methyl/N-ethyl adjacent to an activating group) is 1. The minimum absolute atomic E-state index is 0.458. The molecule has 0 aliphatic heterocycles. The molecule has 1 aromatic rings. The number of benzene rings is 1. The van der Waals surface area contributed by atoms with Crippen LogP contribution < -0.4 is 5.32 Å². The van der Waals surface area contributed by atoms with Gasteiger partial charge in [-0.05, 0) is 47.6 Å². The van der Waals surface area contributed by atoms with Crippen molar-refractivity contribution in [3.05, 3.63) is 33.3 Å². The first-order valence-corrected chi connectivity index (χ1v) is 7.64. The highest BCUT2D eigenvalue weighted by atomic mass is 79.9. The Labute approximate surface area is 124 Å². The zero-order chi connectivity index (χ0) is 13.5. The molecule has 1 N–H and O–H groups in total. The van der Waals surface area contributed by atoms with Crippen LogP contribution >= 0.6 is 27.5 Å². The quantitative estimate of drug-likeness (QED) is 0.813. The van der Waals surface area contributed by atoms with Gasteiger partial charge in [0.1, 0.15) is 0 Å². The Morgan fingerprint density at radius 2 is 2.00 bits per heavy atom. The summed E-state index contributed by atoms with van der Waals surface area (Å²) in [6.07, 6.45) is 0. The molecule has 0 fully saturated rings. The van der Waals surface area contributed by atoms with Crippen LogP contribution in [0.4, 0.5) is 0 Å². The van der Waals surface area contributed by atoms with Crippen LogP contribution in [0.5, 0.6) is 0 Å². The van der Waals surface area contributed by atoms with Gasteiger partial charge in [-0.3, -0.25) is 0 Å². The topological polar surface area (TPSA) is 15.3 Å². The monoisotopic (exact) mass is 332 g/mol. The highest BCUT2D eigenvalue weighted by Gasteiger charge is 2.08. The summed E-state index contributed by atoms with van der Waals surface area (Å²) in [5.74, 6) is 0. The van der Waals surface area contributed by atoms with Gasteiger partial charge in [0.05, 0.1) is 5.02 Å². The average Bonchev–Trinajstić information content (AvgIpc) is 2.37. The van der Waals surface area contributed by atoms with E-state index >= 15 is 0 Å². The number of nitrogens with one attached hydrogen (secondary N) is 1. The predicted molar refractivity (Wildman–Crippen MR) is 83.2 cm³/mol. The summed E-state index contributed by atoms with van der Waals surface area (Å²) in [7, 11) is 0. The summed E-state index contributed by atoms with van der Waals surface area (Å²) >= 11 is 9.69. The molecule has 0 radical (unpaired) electrons. The van der Waals surface area contributed by atoms with Crippen molar-refractivity contribution in [1.82, 2.24) is 10.2 Å². The highest BCUT2D eigenvalue weighted by Crippen LogP contribution is 2.25. The van der Waals surface area contributed by atoms with E-state index in [1.165, 1.54) is 0 Å². The Bertz CT molecular complexity index is 367. The highest BCUT2D eigenvalue weighted by molar-refractivity contribution is 9.10. The molecule has 102 valence electrons. The maximum absolute atomic E-state index is 6.24. The van der Waals surface area contributed by atoms with Crippen molar-refractivity contribution in [3.8, 4) is 0 Å². The maximum Gasteiger partial charge on any atom is 0.0592 e. The fraction of sp³-hybridized carbons (Fsp3) is 0.571. The smallest absolute Gasteiger partial charge is 0.0592 e. The fourth-order valence-electron chi connectivity index (χ4n) is 1.90. The van der Waals surface area contributed by atoms with Crippen LogP contribution in [0.2, 0.25) is 5.02 Å². The van der Waals surface area contributed by atoms with E-state index in [2.05, 4.69) is 53.0 Å². The lowest BCUT2D eigenvalue weighted by atomic mass is 10.2. The average molecular weight is 334 g/mol. The lowest BCUT2D eigenvalue weighted by Crippen LogP contribution is -2.38. The van der Waals surface area contributed by atoms with Crippen LogP contribution in [-0.2, 0) is 6.54 Å². The molecule has 0 aliphatic carbocycles. The van der Waals surface area contributed by atoms with E-state index in [0.717, 1.165) is 41.2 Å². The van der Waals surface area contributed by atoms with E-state index in [0.29, 0.717) is 6.04 Å². The molecule has 0 saturated carbocycles. The summed E-state index contributed by atoms with van der Waals surface area (Å²) in [6.45, 7) is 10.7. The lowest BCUT2D eigenvalue weighted by Gasteiger charge is -2.23. The Hall–Kier alpha value is -0.0900. The second-order valence-corrected chi connectivity index (χ2v) is 5.71. The number of rotatable bonds is 7. The molecule has 1 aromatic carbocycles. The molecule has 0 aliphatic rings. The van der Waals surface area contributed by atoms with E-state index in [9.17, 15) is 0 Å². The minimum atomic E-state index is 0.458. The first kappa shape index (κ1) is 16.0. The summed E-state index contributed by atoms with van der Waals surface area (Å²) in [4.78, 5) is 2.42. The fourth-order valence-corrected chi connectivity index (χ4v) is 2.50. The Kier molecular flexibility index (Phi) is 7.23. The van der Waals surface area contributed by atoms with E-state index in [1.807, 2.05) is 12.1 Å². The van der Waals surface area contributed by atoms with Crippen molar-refractivity contribution in [2.75, 3.05) is 19.6 Å². The third kappa shape index (κ3) is 4.88. The zero-order valence-electron chi connectivity index (χ0n) is 11.3. The van der Waals surface area contributed by atoms with E-state index in [4.69, 9.17) is 11.6 Å². The van der Waals surface area contributed by atoms with E-state index in [-0.39, 0.29) is 0 Å². The summed E-state index contributed by atoms with van der Waals surface area (Å²) in [5.41, 5.74) is 1.14. The van der Waals surface area contributed by atoms with Gasteiger partial charge in [0.15, 0.2) is 0 Å².